The molecular formula is C12H16N4. The van der Waals surface area contributed by atoms with Crippen molar-refractivity contribution in [3.63, 3.8) is 0 Å². The van der Waals surface area contributed by atoms with Gasteiger partial charge in [-0.1, -0.05) is 6.07 Å². The summed E-state index contributed by atoms with van der Waals surface area (Å²) in [5, 5.41) is 12.1. The molecule has 1 aromatic heterocycles. The van der Waals surface area contributed by atoms with Crippen LogP contribution in [0, 0.1) is 11.3 Å². The molecule has 0 spiro atoms. The summed E-state index contributed by atoms with van der Waals surface area (Å²) in [7, 11) is 4.21. The molecule has 16 heavy (non-hydrogen) atoms. The molecular weight excluding hydrogens is 200 g/mol. The molecule has 4 nitrogen and oxygen atoms in total. The molecule has 1 heterocycles. The third-order valence-corrected chi connectivity index (χ3v) is 3.06. The summed E-state index contributed by atoms with van der Waals surface area (Å²) in [5.74, 6) is 0.807. The molecule has 2 rings (SSSR count). The normalized spacial score (nSPS) is 23.6. The zero-order chi connectivity index (χ0) is 11.5. The van der Waals surface area contributed by atoms with Crippen molar-refractivity contribution in [3.05, 3.63) is 23.9 Å². The van der Waals surface area contributed by atoms with Crippen LogP contribution in [0.3, 0.4) is 0 Å². The van der Waals surface area contributed by atoms with Crippen molar-refractivity contribution in [2.24, 2.45) is 0 Å². The molecule has 0 aromatic carbocycles. The van der Waals surface area contributed by atoms with E-state index in [0.29, 0.717) is 17.8 Å². The Balaban J connectivity index is 1.89. The van der Waals surface area contributed by atoms with Crippen LogP contribution in [0.4, 0.5) is 5.82 Å². The van der Waals surface area contributed by atoms with Gasteiger partial charge in [0.1, 0.15) is 17.6 Å². The van der Waals surface area contributed by atoms with Crippen LogP contribution >= 0.6 is 0 Å². The summed E-state index contributed by atoms with van der Waals surface area (Å²) in [6.07, 6.45) is 2.29. The van der Waals surface area contributed by atoms with Gasteiger partial charge in [-0.25, -0.2) is 4.98 Å². The van der Waals surface area contributed by atoms with Crippen molar-refractivity contribution in [2.75, 3.05) is 19.4 Å². The van der Waals surface area contributed by atoms with Gasteiger partial charge < -0.3 is 10.2 Å². The highest BCUT2D eigenvalue weighted by molar-refractivity contribution is 5.39. The smallest absolute Gasteiger partial charge is 0.142 e. The molecule has 4 heteroatoms. The molecule has 1 aromatic rings. The lowest BCUT2D eigenvalue weighted by Crippen LogP contribution is -2.47. The molecule has 1 N–H and O–H groups in total. The predicted octanol–water partition coefficient (Wildman–Crippen LogP) is 1.46. The topological polar surface area (TPSA) is 52.0 Å². The van der Waals surface area contributed by atoms with Crippen LogP contribution in [0.15, 0.2) is 18.2 Å². The first-order valence-electron chi connectivity index (χ1n) is 5.49. The van der Waals surface area contributed by atoms with Crippen LogP contribution in [0.5, 0.6) is 0 Å². The lowest BCUT2D eigenvalue weighted by atomic mass is 9.86. The number of hydrogen-bond donors (Lipinski definition) is 1. The van der Waals surface area contributed by atoms with E-state index < -0.39 is 0 Å². The van der Waals surface area contributed by atoms with Gasteiger partial charge in [0.2, 0.25) is 0 Å². The zero-order valence-corrected chi connectivity index (χ0v) is 9.64. The first-order valence-corrected chi connectivity index (χ1v) is 5.49. The molecule has 1 fully saturated rings. The summed E-state index contributed by atoms with van der Waals surface area (Å²) >= 11 is 0. The predicted molar refractivity (Wildman–Crippen MR) is 63.1 cm³/mol. The minimum atomic E-state index is 0.466. The Morgan fingerprint density at radius 1 is 1.44 bits per heavy atom. The monoisotopic (exact) mass is 216 g/mol. The van der Waals surface area contributed by atoms with E-state index in [1.54, 1.807) is 6.07 Å². The van der Waals surface area contributed by atoms with Gasteiger partial charge in [0.15, 0.2) is 0 Å². The number of rotatable bonds is 3. The molecule has 1 saturated carbocycles. The maximum absolute atomic E-state index is 8.74. The van der Waals surface area contributed by atoms with Crippen molar-refractivity contribution in [1.29, 1.82) is 5.26 Å². The van der Waals surface area contributed by atoms with Gasteiger partial charge in [-0.2, -0.15) is 5.26 Å². The first-order chi connectivity index (χ1) is 7.69. The maximum atomic E-state index is 8.74. The van der Waals surface area contributed by atoms with Crippen LogP contribution in [0.1, 0.15) is 18.5 Å². The lowest BCUT2D eigenvalue weighted by molar-refractivity contribution is 0.177. The highest BCUT2D eigenvalue weighted by Gasteiger charge is 2.30. The fraction of sp³-hybridized carbons (Fsp3) is 0.500. The van der Waals surface area contributed by atoms with E-state index in [1.807, 2.05) is 18.2 Å². The molecule has 0 atom stereocenters. The van der Waals surface area contributed by atoms with Crippen LogP contribution in [0.25, 0.3) is 0 Å². The largest absolute Gasteiger partial charge is 0.367 e. The quantitative estimate of drug-likeness (QED) is 0.831. The molecule has 0 amide bonds. The standard InChI is InChI=1S/C12H16N4/c1-16(2)11-6-10(7-11)15-12-5-3-4-9(8-13)14-12/h3-5,10-11H,6-7H2,1-2H3,(H,14,15). The second-order valence-electron chi connectivity index (χ2n) is 4.45. The molecule has 84 valence electrons. The Morgan fingerprint density at radius 2 is 2.19 bits per heavy atom. The number of anilines is 1. The van der Waals surface area contributed by atoms with Gasteiger partial charge in [-0.15, -0.1) is 0 Å². The van der Waals surface area contributed by atoms with E-state index >= 15 is 0 Å². The fourth-order valence-corrected chi connectivity index (χ4v) is 1.91. The SMILES string of the molecule is CN(C)C1CC(Nc2cccc(C#N)n2)C1. The molecule has 0 unspecified atom stereocenters. The van der Waals surface area contributed by atoms with Gasteiger partial charge in [0, 0.05) is 12.1 Å². The van der Waals surface area contributed by atoms with Crippen LogP contribution < -0.4 is 5.32 Å². The minimum Gasteiger partial charge on any atom is -0.367 e. The molecule has 0 radical (unpaired) electrons. The lowest BCUT2D eigenvalue weighted by Gasteiger charge is -2.40. The van der Waals surface area contributed by atoms with Gasteiger partial charge in [0.05, 0.1) is 0 Å². The average molecular weight is 216 g/mol. The Bertz CT molecular complexity index is 402. The van der Waals surface area contributed by atoms with Gasteiger partial charge >= 0.3 is 0 Å². The zero-order valence-electron chi connectivity index (χ0n) is 9.64. The van der Waals surface area contributed by atoms with E-state index in [0.717, 1.165) is 18.7 Å². The van der Waals surface area contributed by atoms with Crippen molar-refractivity contribution < 1.29 is 0 Å². The van der Waals surface area contributed by atoms with E-state index in [4.69, 9.17) is 5.26 Å². The van der Waals surface area contributed by atoms with E-state index in [2.05, 4.69) is 29.3 Å². The third-order valence-electron chi connectivity index (χ3n) is 3.06. The molecule has 1 aliphatic carbocycles. The Kier molecular flexibility index (Phi) is 3.07. The van der Waals surface area contributed by atoms with Gasteiger partial charge in [-0.05, 0) is 39.1 Å². The summed E-state index contributed by atoms with van der Waals surface area (Å²) < 4.78 is 0. The van der Waals surface area contributed by atoms with E-state index in [-0.39, 0.29) is 0 Å². The summed E-state index contributed by atoms with van der Waals surface area (Å²) in [4.78, 5) is 6.44. The number of hydrogen-bond acceptors (Lipinski definition) is 4. The molecule has 0 bridgehead atoms. The highest BCUT2D eigenvalue weighted by atomic mass is 15.1. The maximum Gasteiger partial charge on any atom is 0.142 e. The minimum absolute atomic E-state index is 0.466. The summed E-state index contributed by atoms with van der Waals surface area (Å²) in [5.41, 5.74) is 0.466. The number of nitriles is 1. The number of nitrogens with one attached hydrogen (secondary N) is 1. The second kappa shape index (κ2) is 4.50. The fourth-order valence-electron chi connectivity index (χ4n) is 1.91. The van der Waals surface area contributed by atoms with Gasteiger partial charge in [-0.3, -0.25) is 0 Å². The Hall–Kier alpha value is -1.60. The summed E-state index contributed by atoms with van der Waals surface area (Å²) in [6, 6.07) is 8.70. The van der Waals surface area contributed by atoms with Crippen LogP contribution in [0.2, 0.25) is 0 Å². The molecule has 1 aliphatic rings. The van der Waals surface area contributed by atoms with Crippen LogP contribution in [-0.2, 0) is 0 Å². The van der Waals surface area contributed by atoms with Crippen molar-refractivity contribution in [1.82, 2.24) is 9.88 Å². The number of aromatic nitrogens is 1. The van der Waals surface area contributed by atoms with E-state index in [9.17, 15) is 0 Å². The first kappa shape index (κ1) is 10.9. The van der Waals surface area contributed by atoms with Gasteiger partial charge in [0.25, 0.3) is 0 Å². The van der Waals surface area contributed by atoms with Crippen molar-refractivity contribution in [3.8, 4) is 6.07 Å². The second-order valence-corrected chi connectivity index (χ2v) is 4.45. The summed E-state index contributed by atoms with van der Waals surface area (Å²) in [6.45, 7) is 0. The Labute approximate surface area is 95.9 Å². The third kappa shape index (κ3) is 2.31. The van der Waals surface area contributed by atoms with Crippen molar-refractivity contribution in [2.45, 2.75) is 24.9 Å². The highest BCUT2D eigenvalue weighted by Crippen LogP contribution is 2.26. The number of nitrogens with zero attached hydrogens (tertiary/aromatic N) is 3. The molecule has 0 saturated heterocycles. The number of pyridine rings is 1. The van der Waals surface area contributed by atoms with Crippen LogP contribution in [-0.4, -0.2) is 36.1 Å². The average Bonchev–Trinajstić information content (AvgIpc) is 2.22. The molecule has 0 aliphatic heterocycles. The van der Waals surface area contributed by atoms with Crippen molar-refractivity contribution >= 4 is 5.82 Å². The Morgan fingerprint density at radius 3 is 2.81 bits per heavy atom. The van der Waals surface area contributed by atoms with E-state index in [1.165, 1.54) is 0 Å².